The zero-order valence-electron chi connectivity index (χ0n) is 14.3. The number of carbonyl (C=O) groups excluding carboxylic acids is 1. The molecule has 1 aromatic heterocycles. The molecule has 0 spiro atoms. The van der Waals surface area contributed by atoms with E-state index in [0.29, 0.717) is 19.5 Å². The Labute approximate surface area is 141 Å². The van der Waals surface area contributed by atoms with Crippen LogP contribution in [0.1, 0.15) is 24.5 Å². The summed E-state index contributed by atoms with van der Waals surface area (Å²) in [5.41, 5.74) is 1.94. The SMILES string of the molecule is Cc1ccc(C)c(OC(C)C(=O)NCCCn2ncccc2=O)c1. The van der Waals surface area contributed by atoms with E-state index < -0.39 is 6.10 Å². The summed E-state index contributed by atoms with van der Waals surface area (Å²) in [7, 11) is 0. The van der Waals surface area contributed by atoms with Crippen LogP contribution in [0.3, 0.4) is 0 Å². The van der Waals surface area contributed by atoms with Crippen molar-refractivity contribution in [2.45, 2.75) is 39.8 Å². The van der Waals surface area contributed by atoms with Gasteiger partial charge in [-0.2, -0.15) is 5.10 Å². The molecule has 0 aliphatic carbocycles. The number of nitrogens with zero attached hydrogens (tertiary/aromatic N) is 2. The summed E-state index contributed by atoms with van der Waals surface area (Å²) in [6.07, 6.45) is 1.61. The molecule has 0 bridgehead atoms. The van der Waals surface area contributed by atoms with E-state index in [9.17, 15) is 9.59 Å². The van der Waals surface area contributed by atoms with Gasteiger partial charge in [-0.3, -0.25) is 9.59 Å². The number of hydrogen-bond donors (Lipinski definition) is 1. The maximum atomic E-state index is 12.1. The second-order valence-electron chi connectivity index (χ2n) is 5.76. The normalized spacial score (nSPS) is 11.8. The fraction of sp³-hybridized carbons (Fsp3) is 0.389. The molecule has 1 unspecified atom stereocenters. The molecule has 6 nitrogen and oxygen atoms in total. The van der Waals surface area contributed by atoms with Gasteiger partial charge in [0.05, 0.1) is 0 Å². The first-order valence-corrected chi connectivity index (χ1v) is 8.01. The van der Waals surface area contributed by atoms with Crippen LogP contribution in [0.5, 0.6) is 5.75 Å². The van der Waals surface area contributed by atoms with E-state index in [2.05, 4.69) is 10.4 Å². The van der Waals surface area contributed by atoms with Crippen LogP contribution in [0.15, 0.2) is 41.3 Å². The molecule has 0 aliphatic heterocycles. The summed E-state index contributed by atoms with van der Waals surface area (Å²) in [4.78, 5) is 23.6. The van der Waals surface area contributed by atoms with Crippen molar-refractivity contribution < 1.29 is 9.53 Å². The molecule has 0 fully saturated rings. The molecular weight excluding hydrogens is 306 g/mol. The zero-order chi connectivity index (χ0) is 17.5. The molecule has 6 heteroatoms. The number of nitrogens with one attached hydrogen (secondary N) is 1. The molecule has 1 aromatic carbocycles. The molecule has 24 heavy (non-hydrogen) atoms. The van der Waals surface area contributed by atoms with Crippen molar-refractivity contribution in [3.63, 3.8) is 0 Å². The summed E-state index contributed by atoms with van der Waals surface area (Å²) in [6.45, 7) is 6.58. The Hall–Kier alpha value is -2.63. The number of aromatic nitrogens is 2. The van der Waals surface area contributed by atoms with Crippen LogP contribution >= 0.6 is 0 Å². The average Bonchev–Trinajstić information content (AvgIpc) is 2.56. The van der Waals surface area contributed by atoms with Crippen LogP contribution in [0, 0.1) is 13.8 Å². The molecule has 0 aliphatic rings. The Morgan fingerprint density at radius 2 is 2.12 bits per heavy atom. The minimum atomic E-state index is -0.580. The molecule has 2 rings (SSSR count). The lowest BCUT2D eigenvalue weighted by atomic mass is 10.1. The quantitative estimate of drug-likeness (QED) is 0.787. The predicted molar refractivity (Wildman–Crippen MR) is 92.1 cm³/mol. The van der Waals surface area contributed by atoms with Crippen LogP contribution < -0.4 is 15.6 Å². The first kappa shape index (κ1) is 17.7. The lowest BCUT2D eigenvalue weighted by molar-refractivity contribution is -0.127. The van der Waals surface area contributed by atoms with Crippen LogP contribution in [0.2, 0.25) is 0 Å². The Morgan fingerprint density at radius 1 is 1.33 bits per heavy atom. The topological polar surface area (TPSA) is 73.2 Å². The minimum Gasteiger partial charge on any atom is -0.481 e. The Balaban J connectivity index is 1.78. The van der Waals surface area contributed by atoms with Gasteiger partial charge in [0.1, 0.15) is 5.75 Å². The lowest BCUT2D eigenvalue weighted by Crippen LogP contribution is -2.37. The maximum absolute atomic E-state index is 12.1. The van der Waals surface area contributed by atoms with Crippen molar-refractivity contribution in [2.75, 3.05) is 6.54 Å². The van der Waals surface area contributed by atoms with Crippen molar-refractivity contribution in [3.05, 3.63) is 58.0 Å². The van der Waals surface area contributed by atoms with E-state index in [0.717, 1.165) is 16.9 Å². The number of benzene rings is 1. The molecule has 1 heterocycles. The van der Waals surface area contributed by atoms with Gasteiger partial charge in [0.25, 0.3) is 11.5 Å². The average molecular weight is 329 g/mol. The lowest BCUT2D eigenvalue weighted by Gasteiger charge is -2.16. The molecule has 1 atom stereocenters. The minimum absolute atomic E-state index is 0.143. The summed E-state index contributed by atoms with van der Waals surface area (Å²) in [5, 5.41) is 6.79. The fourth-order valence-electron chi connectivity index (χ4n) is 2.22. The molecule has 0 radical (unpaired) electrons. The highest BCUT2D eigenvalue weighted by Gasteiger charge is 2.15. The van der Waals surface area contributed by atoms with E-state index in [1.807, 2.05) is 32.0 Å². The zero-order valence-corrected chi connectivity index (χ0v) is 14.3. The van der Waals surface area contributed by atoms with Crippen LogP contribution in [-0.4, -0.2) is 28.3 Å². The van der Waals surface area contributed by atoms with Gasteiger partial charge < -0.3 is 10.1 Å². The third-order valence-electron chi connectivity index (χ3n) is 3.65. The molecular formula is C18H23N3O3. The third-order valence-corrected chi connectivity index (χ3v) is 3.65. The fourth-order valence-corrected chi connectivity index (χ4v) is 2.22. The van der Waals surface area contributed by atoms with Gasteiger partial charge in [0, 0.05) is 25.4 Å². The highest BCUT2D eigenvalue weighted by Crippen LogP contribution is 2.20. The van der Waals surface area contributed by atoms with Crippen molar-refractivity contribution in [1.82, 2.24) is 15.1 Å². The number of amides is 1. The van der Waals surface area contributed by atoms with Gasteiger partial charge in [-0.25, -0.2) is 4.68 Å². The number of aryl methyl sites for hydroxylation is 3. The standard InChI is InChI=1S/C18H23N3O3/c1-13-7-8-14(2)16(12-13)24-15(3)18(23)19-9-5-11-21-17(22)6-4-10-20-21/h4,6-8,10,12,15H,5,9,11H2,1-3H3,(H,19,23). The van der Waals surface area contributed by atoms with Gasteiger partial charge in [-0.1, -0.05) is 12.1 Å². The van der Waals surface area contributed by atoms with Gasteiger partial charge in [-0.05, 0) is 50.5 Å². The summed E-state index contributed by atoms with van der Waals surface area (Å²) >= 11 is 0. The van der Waals surface area contributed by atoms with Crippen molar-refractivity contribution in [3.8, 4) is 5.75 Å². The largest absolute Gasteiger partial charge is 0.481 e. The smallest absolute Gasteiger partial charge is 0.266 e. The molecule has 128 valence electrons. The highest BCUT2D eigenvalue weighted by molar-refractivity contribution is 5.80. The van der Waals surface area contributed by atoms with Gasteiger partial charge in [0.2, 0.25) is 0 Å². The maximum Gasteiger partial charge on any atom is 0.266 e. The monoisotopic (exact) mass is 329 g/mol. The van der Waals surface area contributed by atoms with Crippen LogP contribution in [0.4, 0.5) is 0 Å². The van der Waals surface area contributed by atoms with E-state index in [4.69, 9.17) is 4.74 Å². The highest BCUT2D eigenvalue weighted by atomic mass is 16.5. The second-order valence-corrected chi connectivity index (χ2v) is 5.76. The van der Waals surface area contributed by atoms with E-state index in [-0.39, 0.29) is 11.5 Å². The number of rotatable bonds is 7. The Kier molecular flexibility index (Phi) is 6.12. The van der Waals surface area contributed by atoms with E-state index >= 15 is 0 Å². The summed E-state index contributed by atoms with van der Waals surface area (Å²) in [6, 6.07) is 8.97. The van der Waals surface area contributed by atoms with Gasteiger partial charge >= 0.3 is 0 Å². The molecule has 2 aromatic rings. The molecule has 1 amide bonds. The van der Waals surface area contributed by atoms with Crippen LogP contribution in [-0.2, 0) is 11.3 Å². The van der Waals surface area contributed by atoms with E-state index in [1.165, 1.54) is 10.7 Å². The van der Waals surface area contributed by atoms with Gasteiger partial charge in [0.15, 0.2) is 6.10 Å². The summed E-state index contributed by atoms with van der Waals surface area (Å²) < 4.78 is 7.12. The molecule has 0 saturated heterocycles. The third kappa shape index (κ3) is 4.94. The Morgan fingerprint density at radius 3 is 2.88 bits per heavy atom. The van der Waals surface area contributed by atoms with Crippen molar-refractivity contribution >= 4 is 5.91 Å². The number of hydrogen-bond acceptors (Lipinski definition) is 4. The number of carbonyl (C=O) groups is 1. The van der Waals surface area contributed by atoms with Crippen molar-refractivity contribution in [1.29, 1.82) is 0 Å². The Bertz CT molecular complexity index is 755. The first-order valence-electron chi connectivity index (χ1n) is 8.01. The summed E-state index contributed by atoms with van der Waals surface area (Å²) in [5.74, 6) is 0.543. The van der Waals surface area contributed by atoms with Crippen LogP contribution in [0.25, 0.3) is 0 Å². The molecule has 1 N–H and O–H groups in total. The van der Waals surface area contributed by atoms with Crippen molar-refractivity contribution in [2.24, 2.45) is 0 Å². The number of ether oxygens (including phenoxy) is 1. The van der Waals surface area contributed by atoms with E-state index in [1.54, 1.807) is 19.2 Å². The first-order chi connectivity index (χ1) is 11.5. The second kappa shape index (κ2) is 8.29. The molecule has 0 saturated carbocycles. The van der Waals surface area contributed by atoms with Gasteiger partial charge in [-0.15, -0.1) is 0 Å². The predicted octanol–water partition coefficient (Wildman–Crippen LogP) is 1.83.